The van der Waals surface area contributed by atoms with E-state index in [-0.39, 0.29) is 12.5 Å². The largest absolute Gasteiger partial charge is 0.395 e. The van der Waals surface area contributed by atoms with Gasteiger partial charge in [0.25, 0.3) is 5.91 Å². The third kappa shape index (κ3) is 3.33. The lowest BCUT2D eigenvalue weighted by molar-refractivity contribution is 0.0722. The van der Waals surface area contributed by atoms with E-state index in [9.17, 15) is 4.79 Å². The van der Waals surface area contributed by atoms with Gasteiger partial charge in [0.2, 0.25) is 0 Å². The molecule has 0 atom stereocenters. The van der Waals surface area contributed by atoms with Crippen LogP contribution in [0.3, 0.4) is 0 Å². The molecule has 4 heteroatoms. The molecule has 1 heterocycles. The van der Waals surface area contributed by atoms with Crippen molar-refractivity contribution in [1.29, 1.82) is 0 Å². The number of nitrogens with zero attached hydrogens (tertiary/aromatic N) is 1. The second-order valence-electron chi connectivity index (χ2n) is 4.93. The van der Waals surface area contributed by atoms with Crippen molar-refractivity contribution >= 4 is 5.91 Å². The molecule has 0 aliphatic carbocycles. The molecule has 1 aliphatic rings. The second-order valence-corrected chi connectivity index (χ2v) is 4.93. The van der Waals surface area contributed by atoms with E-state index in [4.69, 9.17) is 5.11 Å². The summed E-state index contributed by atoms with van der Waals surface area (Å²) in [5, 5.41) is 12.4. The van der Waals surface area contributed by atoms with Gasteiger partial charge >= 0.3 is 0 Å². The van der Waals surface area contributed by atoms with E-state index in [1.54, 1.807) is 4.90 Å². The fourth-order valence-electron chi connectivity index (χ4n) is 2.50. The molecule has 0 aromatic heterocycles. The van der Waals surface area contributed by atoms with Gasteiger partial charge in [0.05, 0.1) is 6.61 Å². The normalized spacial score (nSPS) is 14.0. The predicted molar refractivity (Wildman–Crippen MR) is 75.1 cm³/mol. The summed E-state index contributed by atoms with van der Waals surface area (Å²) < 4.78 is 0. The van der Waals surface area contributed by atoms with Crippen LogP contribution in [0.4, 0.5) is 0 Å². The molecule has 19 heavy (non-hydrogen) atoms. The monoisotopic (exact) mass is 262 g/mol. The van der Waals surface area contributed by atoms with Crippen molar-refractivity contribution in [3.63, 3.8) is 0 Å². The summed E-state index contributed by atoms with van der Waals surface area (Å²) in [7, 11) is 0. The summed E-state index contributed by atoms with van der Waals surface area (Å²) in [6, 6.07) is 5.96. The molecular formula is C15H22N2O2. The minimum Gasteiger partial charge on any atom is -0.395 e. The lowest BCUT2D eigenvalue weighted by Gasteiger charge is -2.23. The number of benzene rings is 1. The van der Waals surface area contributed by atoms with Gasteiger partial charge in [0.1, 0.15) is 0 Å². The molecule has 0 spiro atoms. The van der Waals surface area contributed by atoms with Crippen LogP contribution in [0.1, 0.15) is 34.8 Å². The fourth-order valence-corrected chi connectivity index (χ4v) is 2.50. The highest BCUT2D eigenvalue weighted by Gasteiger charge is 2.17. The van der Waals surface area contributed by atoms with Gasteiger partial charge in [-0.25, -0.2) is 0 Å². The van der Waals surface area contributed by atoms with Crippen molar-refractivity contribution in [2.24, 2.45) is 0 Å². The molecule has 0 radical (unpaired) electrons. The first-order valence-corrected chi connectivity index (χ1v) is 6.99. The molecule has 1 aromatic carbocycles. The Bertz CT molecular complexity index is 440. The van der Waals surface area contributed by atoms with Gasteiger partial charge in [-0.3, -0.25) is 4.79 Å². The molecule has 1 aliphatic heterocycles. The first kappa shape index (κ1) is 14.0. The number of aliphatic hydroxyl groups excluding tert-OH is 1. The van der Waals surface area contributed by atoms with Crippen LogP contribution in [0.15, 0.2) is 18.2 Å². The third-order valence-corrected chi connectivity index (χ3v) is 3.49. The summed E-state index contributed by atoms with van der Waals surface area (Å²) in [5.41, 5.74) is 3.28. The van der Waals surface area contributed by atoms with Gasteiger partial charge in [0.15, 0.2) is 0 Å². The van der Waals surface area contributed by atoms with E-state index in [0.717, 1.165) is 31.5 Å². The maximum absolute atomic E-state index is 12.4. The topological polar surface area (TPSA) is 52.6 Å². The minimum absolute atomic E-state index is 0.0121. The first-order valence-electron chi connectivity index (χ1n) is 6.99. The molecule has 4 nitrogen and oxygen atoms in total. The van der Waals surface area contributed by atoms with Crippen LogP contribution < -0.4 is 5.32 Å². The fraction of sp³-hybridized carbons (Fsp3) is 0.533. The Labute approximate surface area is 114 Å². The Kier molecular flexibility index (Phi) is 4.93. The zero-order chi connectivity index (χ0) is 13.7. The van der Waals surface area contributed by atoms with Crippen LogP contribution in [0.2, 0.25) is 0 Å². The van der Waals surface area contributed by atoms with E-state index in [2.05, 4.69) is 11.4 Å². The van der Waals surface area contributed by atoms with Crippen molar-refractivity contribution in [2.45, 2.75) is 26.3 Å². The Morgan fingerprint density at radius 2 is 2.21 bits per heavy atom. The maximum Gasteiger partial charge on any atom is 0.253 e. The Balaban J connectivity index is 2.17. The van der Waals surface area contributed by atoms with Crippen LogP contribution in [0.25, 0.3) is 0 Å². The molecule has 0 saturated carbocycles. The molecule has 0 fully saturated rings. The standard InChI is InChI=1S/C15H22N2O2/c1-2-7-17(8-9-18)15(19)13-4-3-12-5-6-16-11-14(12)10-13/h3-4,10,16,18H,2,5-9,11H2,1H3. The maximum atomic E-state index is 12.4. The summed E-state index contributed by atoms with van der Waals surface area (Å²) in [6.45, 7) is 4.99. The number of fused-ring (bicyclic) bond motifs is 1. The average Bonchev–Trinajstić information content (AvgIpc) is 2.46. The SMILES string of the molecule is CCCN(CCO)C(=O)c1ccc2c(c1)CNCC2. The molecule has 104 valence electrons. The predicted octanol–water partition coefficient (Wildman–Crippen LogP) is 1.18. The van der Waals surface area contributed by atoms with Gasteiger partial charge < -0.3 is 15.3 Å². The Hall–Kier alpha value is -1.39. The number of aliphatic hydroxyl groups is 1. The highest BCUT2D eigenvalue weighted by atomic mass is 16.3. The van der Waals surface area contributed by atoms with Crippen molar-refractivity contribution < 1.29 is 9.90 Å². The number of hydrogen-bond donors (Lipinski definition) is 2. The van der Waals surface area contributed by atoms with E-state index in [0.29, 0.717) is 13.1 Å². The number of carbonyl (C=O) groups excluding carboxylic acids is 1. The molecule has 1 amide bonds. The number of amides is 1. The summed E-state index contributed by atoms with van der Waals surface area (Å²) in [5.74, 6) is 0.0178. The van der Waals surface area contributed by atoms with Crippen molar-refractivity contribution in [2.75, 3.05) is 26.2 Å². The number of hydrogen-bond acceptors (Lipinski definition) is 3. The quantitative estimate of drug-likeness (QED) is 0.837. The third-order valence-electron chi connectivity index (χ3n) is 3.49. The highest BCUT2D eigenvalue weighted by molar-refractivity contribution is 5.94. The smallest absolute Gasteiger partial charge is 0.253 e. The minimum atomic E-state index is 0.0121. The average molecular weight is 262 g/mol. The molecule has 0 bridgehead atoms. The second kappa shape index (κ2) is 6.68. The number of rotatable bonds is 5. The Morgan fingerprint density at radius 1 is 1.37 bits per heavy atom. The van der Waals surface area contributed by atoms with Gasteiger partial charge in [-0.1, -0.05) is 13.0 Å². The highest BCUT2D eigenvalue weighted by Crippen LogP contribution is 2.17. The summed E-state index contributed by atoms with van der Waals surface area (Å²) in [4.78, 5) is 14.1. The Morgan fingerprint density at radius 3 is 2.95 bits per heavy atom. The van der Waals surface area contributed by atoms with E-state index >= 15 is 0 Å². The van der Waals surface area contributed by atoms with Crippen LogP contribution in [0.5, 0.6) is 0 Å². The lowest BCUT2D eigenvalue weighted by Crippen LogP contribution is -2.34. The zero-order valence-electron chi connectivity index (χ0n) is 11.5. The molecule has 0 saturated heterocycles. The van der Waals surface area contributed by atoms with Crippen LogP contribution >= 0.6 is 0 Å². The van der Waals surface area contributed by atoms with Crippen LogP contribution in [0, 0.1) is 0 Å². The van der Waals surface area contributed by atoms with Gasteiger partial charge in [-0.15, -0.1) is 0 Å². The van der Waals surface area contributed by atoms with Crippen LogP contribution in [-0.4, -0.2) is 42.2 Å². The van der Waals surface area contributed by atoms with E-state index < -0.39 is 0 Å². The first-order chi connectivity index (χ1) is 9.26. The van der Waals surface area contributed by atoms with Gasteiger partial charge in [-0.2, -0.15) is 0 Å². The molecular weight excluding hydrogens is 240 g/mol. The summed E-state index contributed by atoms with van der Waals surface area (Å²) >= 11 is 0. The van der Waals surface area contributed by atoms with E-state index in [1.807, 2.05) is 19.1 Å². The lowest BCUT2D eigenvalue weighted by atomic mass is 9.98. The zero-order valence-corrected chi connectivity index (χ0v) is 11.5. The summed E-state index contributed by atoms with van der Waals surface area (Å²) in [6.07, 6.45) is 1.93. The van der Waals surface area contributed by atoms with E-state index in [1.165, 1.54) is 11.1 Å². The van der Waals surface area contributed by atoms with Crippen molar-refractivity contribution in [1.82, 2.24) is 10.2 Å². The molecule has 2 N–H and O–H groups in total. The van der Waals surface area contributed by atoms with Crippen molar-refractivity contribution in [3.05, 3.63) is 34.9 Å². The number of carbonyl (C=O) groups is 1. The van der Waals surface area contributed by atoms with Gasteiger partial charge in [-0.05, 0) is 42.6 Å². The molecule has 2 rings (SSSR count). The van der Waals surface area contributed by atoms with Crippen LogP contribution in [-0.2, 0) is 13.0 Å². The molecule has 0 unspecified atom stereocenters. The molecule has 1 aromatic rings. The van der Waals surface area contributed by atoms with Gasteiger partial charge in [0, 0.05) is 25.2 Å². The van der Waals surface area contributed by atoms with Crippen molar-refractivity contribution in [3.8, 4) is 0 Å². The number of nitrogens with one attached hydrogen (secondary N) is 1.